The minimum Gasteiger partial charge on any atom is -0.508 e. The fraction of sp³-hybridized carbons (Fsp3) is 0.600. The van der Waals surface area contributed by atoms with Crippen LogP contribution in [0.3, 0.4) is 0 Å². The van der Waals surface area contributed by atoms with Gasteiger partial charge in [0.2, 0.25) is 47.3 Å². The third kappa shape index (κ3) is 19.3. The number of aldehydes is 1. The summed E-state index contributed by atoms with van der Waals surface area (Å²) in [4.78, 5) is 154. The predicted octanol–water partition coefficient (Wildman–Crippen LogP) is -1.95. The molecule has 2 saturated heterocycles. The Balaban J connectivity index is 1.55. The molecule has 26 heteroatoms. The van der Waals surface area contributed by atoms with Crippen LogP contribution < -0.4 is 42.5 Å². The van der Waals surface area contributed by atoms with E-state index in [1.165, 1.54) is 48.6 Å². The normalized spacial score (nSPS) is 18.4. The van der Waals surface area contributed by atoms with Crippen molar-refractivity contribution in [3.63, 3.8) is 0 Å². The predicted molar refractivity (Wildman–Crippen MR) is 269 cm³/mol. The minimum atomic E-state index is -1.66. The van der Waals surface area contributed by atoms with E-state index < -0.39 is 133 Å². The van der Waals surface area contributed by atoms with E-state index in [2.05, 4.69) is 52.5 Å². The Labute approximate surface area is 439 Å². The molecule has 13 N–H and O–H groups in total. The van der Waals surface area contributed by atoms with E-state index in [0.717, 1.165) is 6.42 Å². The summed E-state index contributed by atoms with van der Waals surface area (Å²) in [6.45, 7) is 9.23. The van der Waals surface area contributed by atoms with E-state index >= 15 is 0 Å². The average Bonchev–Trinajstić information content (AvgIpc) is 4.18. The molecule has 26 nitrogen and oxygen atoms in total. The standard InChI is InChI=1S/C50H73N11O15/c1-26(2)18-35(45(71)57-37(20-29-10-12-32(64)13-11-29)44(70)54-31(24-62)22-41(67)68)56-43(69)33(14-15-40(65)66)55-47(73)38(21-30-23-51-25-53-30)58-46(72)36(19-27(3)4)59-49(75)42(28(5)63)60-48(74)39-9-7-17-61(39)50(76)34-8-6-16-52-34/h10-13,23-28,31,33-39,42,52,63-64H,6-9,14-22H2,1-5H3,(H,51,53)(H,54,70)(H,55,73)(H,56,69)(H,57,71)(H,58,72)(H,59,75)(H,60,74)(H,65,66)(H,67,68)/t28-,31+,33+,34+,35+,36+,37+,38+,39+,42+/m1/s1. The van der Waals surface area contributed by atoms with Gasteiger partial charge in [0.25, 0.3) is 0 Å². The first-order chi connectivity index (χ1) is 35.9. The number of hydrogen-bond acceptors (Lipinski definition) is 15. The number of amides is 8. The Morgan fingerprint density at radius 2 is 1.25 bits per heavy atom. The number of hydrogen-bond donors (Lipinski definition) is 13. The number of imidazole rings is 1. The molecule has 2 aromatic rings. The summed E-state index contributed by atoms with van der Waals surface area (Å²) in [7, 11) is 0. The lowest BCUT2D eigenvalue weighted by Crippen LogP contribution is -2.62. The second kappa shape index (κ2) is 29.6. The van der Waals surface area contributed by atoms with Crippen LogP contribution in [0, 0.1) is 11.8 Å². The van der Waals surface area contributed by atoms with Crippen LogP contribution in [0.15, 0.2) is 36.8 Å². The molecule has 8 amide bonds. The van der Waals surface area contributed by atoms with E-state index in [4.69, 9.17) is 0 Å². The number of nitrogens with zero attached hydrogens (tertiary/aromatic N) is 2. The van der Waals surface area contributed by atoms with Gasteiger partial charge in [0.05, 0.1) is 30.9 Å². The number of carbonyl (C=O) groups is 11. The SMILES string of the molecule is CC(C)C[C@H](NC(=O)[C@H](CCC(=O)O)NC(=O)[C@H](Cc1cnc[nH]1)NC(=O)[C@H](CC(C)C)NC(=O)[C@@H](NC(=O)[C@@H]1CCCN1C(=O)[C@@H]1CCCN1)[C@@H](C)O)C(=O)N[C@@H](Cc1ccc(O)cc1)C(=O)N[C@H](C=O)CC(=O)O. The number of phenols is 1. The Bertz CT molecular complexity index is 2340. The number of aliphatic carboxylic acids is 2. The molecule has 418 valence electrons. The van der Waals surface area contributed by atoms with Gasteiger partial charge in [-0.25, -0.2) is 4.98 Å². The molecule has 0 bridgehead atoms. The first kappa shape index (κ1) is 61.1. The molecular weight excluding hydrogens is 995 g/mol. The smallest absolute Gasteiger partial charge is 0.305 e. The Morgan fingerprint density at radius 1 is 0.697 bits per heavy atom. The van der Waals surface area contributed by atoms with Gasteiger partial charge in [-0.05, 0) is 87.9 Å². The summed E-state index contributed by atoms with van der Waals surface area (Å²) in [5, 5.41) is 60.3. The highest BCUT2D eigenvalue weighted by molar-refractivity contribution is 5.98. The third-order valence-corrected chi connectivity index (χ3v) is 12.7. The number of carboxylic acids is 2. The van der Waals surface area contributed by atoms with E-state index in [0.29, 0.717) is 43.6 Å². The first-order valence-electron chi connectivity index (χ1n) is 25.4. The number of phenolic OH excluding ortho intramolecular Hbond substituents is 1. The summed E-state index contributed by atoms with van der Waals surface area (Å²) >= 11 is 0. The van der Waals surface area contributed by atoms with E-state index in [9.17, 15) is 73.2 Å². The van der Waals surface area contributed by atoms with Gasteiger partial charge >= 0.3 is 11.9 Å². The number of carboxylic acid groups (broad SMARTS) is 2. The van der Waals surface area contributed by atoms with Crippen molar-refractivity contribution in [2.45, 2.75) is 166 Å². The quantitative estimate of drug-likeness (QED) is 0.0378. The molecule has 76 heavy (non-hydrogen) atoms. The van der Waals surface area contributed by atoms with Crippen molar-refractivity contribution in [1.29, 1.82) is 0 Å². The Hall–Kier alpha value is -7.48. The molecule has 2 fully saturated rings. The zero-order valence-electron chi connectivity index (χ0n) is 43.3. The highest BCUT2D eigenvalue weighted by atomic mass is 16.4. The number of rotatable bonds is 30. The van der Waals surface area contributed by atoms with E-state index in [1.807, 2.05) is 0 Å². The monoisotopic (exact) mass is 1070 g/mol. The van der Waals surface area contributed by atoms with Crippen molar-refractivity contribution in [3.05, 3.63) is 48.0 Å². The fourth-order valence-corrected chi connectivity index (χ4v) is 8.85. The molecule has 1 aromatic heterocycles. The van der Waals surface area contributed by atoms with Crippen molar-refractivity contribution in [3.8, 4) is 5.75 Å². The fourth-order valence-electron chi connectivity index (χ4n) is 8.85. The van der Waals surface area contributed by atoms with Gasteiger partial charge in [0.15, 0.2) is 0 Å². The van der Waals surface area contributed by atoms with E-state index in [-0.39, 0.29) is 55.5 Å². The topological polar surface area (TPSA) is 397 Å². The highest BCUT2D eigenvalue weighted by Crippen LogP contribution is 2.22. The zero-order chi connectivity index (χ0) is 56.2. The lowest BCUT2D eigenvalue weighted by Gasteiger charge is -2.30. The van der Waals surface area contributed by atoms with Gasteiger partial charge in [0.1, 0.15) is 54.3 Å². The molecule has 0 saturated carbocycles. The molecular formula is C50H73N11O15. The maximum atomic E-state index is 14.3. The number of aliphatic hydroxyl groups is 1. The van der Waals surface area contributed by atoms with Gasteiger partial charge in [-0.3, -0.25) is 47.9 Å². The van der Waals surface area contributed by atoms with Crippen molar-refractivity contribution >= 4 is 65.5 Å². The number of aromatic hydroxyl groups is 1. The molecule has 3 heterocycles. The Morgan fingerprint density at radius 3 is 1.78 bits per heavy atom. The lowest BCUT2D eigenvalue weighted by molar-refractivity contribution is -0.141. The number of aromatic amines is 1. The summed E-state index contributed by atoms with van der Waals surface area (Å²) < 4.78 is 0. The molecule has 4 rings (SSSR count). The molecule has 2 aliphatic heterocycles. The minimum absolute atomic E-state index is 0.00383. The van der Waals surface area contributed by atoms with Crippen LogP contribution in [0.5, 0.6) is 5.75 Å². The molecule has 0 radical (unpaired) electrons. The van der Waals surface area contributed by atoms with Crippen LogP contribution in [0.25, 0.3) is 0 Å². The number of nitrogens with one attached hydrogen (secondary N) is 9. The van der Waals surface area contributed by atoms with Gasteiger partial charge < -0.3 is 77.6 Å². The lowest BCUT2D eigenvalue weighted by atomic mass is 9.99. The van der Waals surface area contributed by atoms with Crippen LogP contribution in [0.4, 0.5) is 0 Å². The third-order valence-electron chi connectivity index (χ3n) is 12.7. The maximum absolute atomic E-state index is 14.3. The van der Waals surface area contributed by atoms with E-state index in [1.54, 1.807) is 27.7 Å². The number of likely N-dealkylation sites (tertiary alicyclic amines) is 1. The number of carbonyl (C=O) groups excluding carboxylic acids is 9. The molecule has 0 spiro atoms. The summed E-state index contributed by atoms with van der Waals surface area (Å²) in [5.41, 5.74) is 0.763. The zero-order valence-corrected chi connectivity index (χ0v) is 43.3. The van der Waals surface area contributed by atoms with Crippen molar-refractivity contribution in [2.24, 2.45) is 11.8 Å². The van der Waals surface area contributed by atoms with Crippen LogP contribution in [-0.4, -0.2) is 174 Å². The molecule has 0 aliphatic carbocycles. The first-order valence-corrected chi connectivity index (χ1v) is 25.4. The van der Waals surface area contributed by atoms with Gasteiger partial charge in [-0.2, -0.15) is 0 Å². The Kier molecular flexibility index (Phi) is 23.8. The van der Waals surface area contributed by atoms with Gasteiger partial charge in [-0.15, -0.1) is 0 Å². The second-order valence-electron chi connectivity index (χ2n) is 20.1. The average molecular weight is 1070 g/mol. The molecule has 2 aliphatic rings. The van der Waals surface area contributed by atoms with Crippen LogP contribution in [-0.2, 0) is 65.6 Å². The van der Waals surface area contributed by atoms with Crippen LogP contribution in [0.1, 0.15) is 104 Å². The van der Waals surface area contributed by atoms with Gasteiger partial charge in [0, 0.05) is 37.7 Å². The number of benzene rings is 1. The van der Waals surface area contributed by atoms with Crippen LogP contribution >= 0.6 is 0 Å². The highest BCUT2D eigenvalue weighted by Gasteiger charge is 2.41. The van der Waals surface area contributed by atoms with Crippen LogP contribution in [0.2, 0.25) is 0 Å². The second-order valence-corrected chi connectivity index (χ2v) is 20.1. The molecule has 1 aromatic carbocycles. The van der Waals surface area contributed by atoms with Crippen molar-refractivity contribution in [2.75, 3.05) is 13.1 Å². The molecule has 10 atom stereocenters. The van der Waals surface area contributed by atoms with Crippen molar-refractivity contribution < 1.29 is 73.2 Å². The number of aliphatic hydroxyl groups excluding tert-OH is 1. The molecule has 0 unspecified atom stereocenters. The van der Waals surface area contributed by atoms with Gasteiger partial charge in [-0.1, -0.05) is 39.8 Å². The summed E-state index contributed by atoms with van der Waals surface area (Å²) in [5.74, 6) is -9.99. The summed E-state index contributed by atoms with van der Waals surface area (Å²) in [6.07, 6.45) is 1.24. The number of aromatic nitrogens is 2. The largest absolute Gasteiger partial charge is 0.508 e. The maximum Gasteiger partial charge on any atom is 0.305 e. The summed E-state index contributed by atoms with van der Waals surface area (Å²) in [6, 6.07) is -6.25. The van der Waals surface area contributed by atoms with Crippen molar-refractivity contribution in [1.82, 2.24) is 57.4 Å². The number of H-pyrrole nitrogens is 1.